The van der Waals surface area contributed by atoms with E-state index in [2.05, 4.69) is 18.7 Å². The highest BCUT2D eigenvalue weighted by atomic mass is 16.6. The van der Waals surface area contributed by atoms with E-state index in [0.717, 1.165) is 50.5 Å². The Bertz CT molecular complexity index is 800. The third-order valence-electron chi connectivity index (χ3n) is 4.34. The van der Waals surface area contributed by atoms with Gasteiger partial charge in [-0.1, -0.05) is 26.7 Å². The lowest BCUT2D eigenvalue weighted by atomic mass is 10.2. The Labute approximate surface area is 164 Å². The summed E-state index contributed by atoms with van der Waals surface area (Å²) in [5, 5.41) is 22.1. The Morgan fingerprint density at radius 3 is 2.00 bits per heavy atom. The molecule has 2 rings (SSSR count). The summed E-state index contributed by atoms with van der Waals surface area (Å²) in [6.45, 7) is 6.27. The lowest BCUT2D eigenvalue weighted by Gasteiger charge is -2.24. The number of ether oxygens (including phenoxy) is 1. The van der Waals surface area contributed by atoms with Crippen molar-refractivity contribution in [2.24, 2.45) is 0 Å². The molecule has 0 aliphatic heterocycles. The fourth-order valence-corrected chi connectivity index (χ4v) is 2.77. The summed E-state index contributed by atoms with van der Waals surface area (Å²) in [6.07, 6.45) is 4.45. The quantitative estimate of drug-likeness (QED) is 0.362. The Morgan fingerprint density at radius 1 is 0.893 bits per heavy atom. The van der Waals surface area contributed by atoms with E-state index in [1.807, 2.05) is 12.1 Å². The van der Waals surface area contributed by atoms with Gasteiger partial charge in [0.25, 0.3) is 5.69 Å². The molecule has 150 valence electrons. The number of unbranched alkanes of at least 4 members (excludes halogenated alkanes) is 2. The van der Waals surface area contributed by atoms with Crippen LogP contribution in [0.1, 0.15) is 39.5 Å². The van der Waals surface area contributed by atoms with Gasteiger partial charge in [-0.2, -0.15) is 0 Å². The van der Waals surface area contributed by atoms with Crippen LogP contribution in [-0.2, 0) is 0 Å². The van der Waals surface area contributed by atoms with Crippen molar-refractivity contribution in [2.45, 2.75) is 39.5 Å². The van der Waals surface area contributed by atoms with Gasteiger partial charge < -0.3 is 9.64 Å². The summed E-state index contributed by atoms with van der Waals surface area (Å²) in [5.74, 6) is 0.406. The van der Waals surface area contributed by atoms with Gasteiger partial charge in [0.2, 0.25) is 5.75 Å². The highest BCUT2D eigenvalue weighted by Crippen LogP contribution is 2.34. The van der Waals surface area contributed by atoms with Crippen LogP contribution in [0.4, 0.5) is 17.1 Å². The molecule has 0 fully saturated rings. The van der Waals surface area contributed by atoms with Crippen LogP contribution in [0, 0.1) is 20.2 Å². The molecule has 8 heteroatoms. The predicted octanol–water partition coefficient (Wildman–Crippen LogP) is 5.70. The lowest BCUT2D eigenvalue weighted by Crippen LogP contribution is -2.25. The molecule has 0 amide bonds. The average Bonchev–Trinajstić information content (AvgIpc) is 2.69. The topological polar surface area (TPSA) is 98.8 Å². The van der Waals surface area contributed by atoms with Crippen molar-refractivity contribution < 1.29 is 14.6 Å². The van der Waals surface area contributed by atoms with Gasteiger partial charge in [-0.15, -0.1) is 0 Å². The minimum absolute atomic E-state index is 0.0304. The number of hydrogen-bond acceptors (Lipinski definition) is 6. The number of hydrogen-bond donors (Lipinski definition) is 0. The Balaban J connectivity index is 2.19. The third kappa shape index (κ3) is 5.67. The molecule has 28 heavy (non-hydrogen) atoms. The zero-order chi connectivity index (χ0) is 20.5. The smallest absolute Gasteiger partial charge is 0.318 e. The molecule has 0 bridgehead atoms. The largest absolute Gasteiger partial charge is 0.450 e. The van der Waals surface area contributed by atoms with Gasteiger partial charge >= 0.3 is 5.69 Å². The van der Waals surface area contributed by atoms with Crippen molar-refractivity contribution in [3.63, 3.8) is 0 Å². The Hall–Kier alpha value is -3.16. The summed E-state index contributed by atoms with van der Waals surface area (Å²) in [7, 11) is 0. The fourth-order valence-electron chi connectivity index (χ4n) is 2.77. The molecule has 0 saturated carbocycles. The molecule has 0 saturated heterocycles. The van der Waals surface area contributed by atoms with Gasteiger partial charge in [0.15, 0.2) is 0 Å². The highest BCUT2D eigenvalue weighted by molar-refractivity contribution is 5.56. The minimum atomic E-state index is -0.687. The lowest BCUT2D eigenvalue weighted by molar-refractivity contribution is -0.394. The number of rotatable bonds is 11. The summed E-state index contributed by atoms with van der Waals surface area (Å²) < 4.78 is 5.62. The van der Waals surface area contributed by atoms with Crippen LogP contribution in [0.5, 0.6) is 11.5 Å². The molecule has 0 radical (unpaired) electrons. The number of anilines is 1. The zero-order valence-corrected chi connectivity index (χ0v) is 16.2. The van der Waals surface area contributed by atoms with Gasteiger partial charge in [0.05, 0.1) is 15.9 Å². The SMILES string of the molecule is CCCCN(CCCC)c1ccc(Oc2ccc([N+](=O)[O-])cc2[N+](=O)[O-])cc1. The van der Waals surface area contributed by atoms with Crippen LogP contribution < -0.4 is 9.64 Å². The van der Waals surface area contributed by atoms with Crippen LogP contribution in [-0.4, -0.2) is 22.9 Å². The molecule has 0 aromatic heterocycles. The number of benzene rings is 2. The third-order valence-corrected chi connectivity index (χ3v) is 4.34. The molecule has 2 aromatic carbocycles. The van der Waals surface area contributed by atoms with E-state index in [4.69, 9.17) is 4.74 Å². The second-order valence-corrected chi connectivity index (χ2v) is 6.46. The van der Waals surface area contributed by atoms with Gasteiger partial charge in [0.1, 0.15) is 5.75 Å². The van der Waals surface area contributed by atoms with Crippen LogP contribution in [0.3, 0.4) is 0 Å². The van der Waals surface area contributed by atoms with Gasteiger partial charge in [-0.3, -0.25) is 20.2 Å². The van der Waals surface area contributed by atoms with Gasteiger partial charge in [-0.25, -0.2) is 0 Å². The van der Waals surface area contributed by atoms with Crippen molar-refractivity contribution >= 4 is 17.1 Å². The standard InChI is InChI=1S/C20H25N3O5/c1-3-5-13-21(14-6-4-2)16-7-10-18(11-8-16)28-20-12-9-17(22(24)25)15-19(20)23(26)27/h7-12,15H,3-6,13-14H2,1-2H3. The molecular formula is C20H25N3O5. The number of nitrogens with zero attached hydrogens (tertiary/aromatic N) is 3. The first kappa shape index (κ1) is 21.1. The summed E-state index contributed by atoms with van der Waals surface area (Å²) in [4.78, 5) is 23.0. The molecule has 0 N–H and O–H groups in total. The van der Waals surface area contributed by atoms with E-state index < -0.39 is 15.5 Å². The maximum atomic E-state index is 11.2. The van der Waals surface area contributed by atoms with Crippen LogP contribution in [0.2, 0.25) is 0 Å². The van der Waals surface area contributed by atoms with Gasteiger partial charge in [-0.05, 0) is 43.2 Å². The summed E-state index contributed by atoms with van der Waals surface area (Å²) in [6, 6.07) is 10.7. The van der Waals surface area contributed by atoms with Crippen LogP contribution >= 0.6 is 0 Å². The number of nitro groups is 2. The summed E-state index contributed by atoms with van der Waals surface area (Å²) in [5.41, 5.74) is 0.287. The minimum Gasteiger partial charge on any atom is -0.450 e. The maximum absolute atomic E-state index is 11.2. The van der Waals surface area contributed by atoms with Crippen LogP contribution in [0.25, 0.3) is 0 Å². The number of nitro benzene ring substituents is 2. The van der Waals surface area contributed by atoms with E-state index in [1.54, 1.807) is 12.1 Å². The Morgan fingerprint density at radius 2 is 1.50 bits per heavy atom. The Kier molecular flexibility index (Phi) is 7.74. The van der Waals surface area contributed by atoms with Crippen molar-refractivity contribution in [1.82, 2.24) is 0 Å². The van der Waals surface area contributed by atoms with E-state index in [9.17, 15) is 20.2 Å². The fraction of sp³-hybridized carbons (Fsp3) is 0.400. The summed E-state index contributed by atoms with van der Waals surface area (Å²) >= 11 is 0. The first-order valence-electron chi connectivity index (χ1n) is 9.42. The maximum Gasteiger partial charge on any atom is 0.318 e. The molecule has 0 atom stereocenters. The molecule has 0 aliphatic carbocycles. The average molecular weight is 387 g/mol. The predicted molar refractivity (Wildman–Crippen MR) is 108 cm³/mol. The molecule has 0 unspecified atom stereocenters. The van der Waals surface area contributed by atoms with E-state index in [0.29, 0.717) is 5.75 Å². The van der Waals surface area contributed by atoms with Gasteiger partial charge in [0, 0.05) is 24.8 Å². The molecular weight excluding hydrogens is 362 g/mol. The zero-order valence-electron chi connectivity index (χ0n) is 16.2. The van der Waals surface area contributed by atoms with Crippen molar-refractivity contribution in [3.05, 3.63) is 62.7 Å². The molecule has 0 aliphatic rings. The normalized spacial score (nSPS) is 10.5. The second-order valence-electron chi connectivity index (χ2n) is 6.46. The van der Waals surface area contributed by atoms with Crippen molar-refractivity contribution in [1.29, 1.82) is 0 Å². The second kappa shape index (κ2) is 10.2. The van der Waals surface area contributed by atoms with Crippen molar-refractivity contribution in [2.75, 3.05) is 18.0 Å². The van der Waals surface area contributed by atoms with E-state index >= 15 is 0 Å². The molecule has 0 spiro atoms. The monoisotopic (exact) mass is 387 g/mol. The first-order chi connectivity index (χ1) is 13.5. The first-order valence-corrected chi connectivity index (χ1v) is 9.42. The molecule has 8 nitrogen and oxygen atoms in total. The molecule has 0 heterocycles. The van der Waals surface area contributed by atoms with Crippen LogP contribution in [0.15, 0.2) is 42.5 Å². The molecule has 2 aromatic rings. The van der Waals surface area contributed by atoms with Crippen molar-refractivity contribution in [3.8, 4) is 11.5 Å². The number of non-ortho nitro benzene ring substituents is 1. The van der Waals surface area contributed by atoms with E-state index in [-0.39, 0.29) is 11.4 Å². The highest BCUT2D eigenvalue weighted by Gasteiger charge is 2.21. The van der Waals surface area contributed by atoms with E-state index in [1.165, 1.54) is 12.1 Å².